The highest BCUT2D eigenvalue weighted by Crippen LogP contribution is 2.49. The highest BCUT2D eigenvalue weighted by Gasteiger charge is 2.25. The van der Waals surface area contributed by atoms with Gasteiger partial charge in [0.15, 0.2) is 0 Å². The standard InChI is InChI=1S/C20H26O2S8/c1-5-17(21)25-9-15-13(3)27-19(29-15)11-23-7-8-24-12-20-28-14(4)16(30-20)10-26-18(22)6-2/h5-6,19-20H,1-2,7-12H2,3-4H3. The Kier molecular flexibility index (Phi) is 13.8. The van der Waals surface area contributed by atoms with E-state index in [2.05, 4.69) is 27.0 Å². The molecule has 166 valence electrons. The average Bonchev–Trinajstić information content (AvgIpc) is 3.28. The maximum Gasteiger partial charge on any atom is 0.211 e. The van der Waals surface area contributed by atoms with Crippen LogP contribution in [0.15, 0.2) is 44.9 Å². The topological polar surface area (TPSA) is 34.1 Å². The summed E-state index contributed by atoms with van der Waals surface area (Å²) in [6, 6.07) is 0. The van der Waals surface area contributed by atoms with Crippen LogP contribution in [-0.4, -0.2) is 53.9 Å². The van der Waals surface area contributed by atoms with Crippen molar-refractivity contribution in [3.63, 3.8) is 0 Å². The van der Waals surface area contributed by atoms with Crippen LogP contribution < -0.4 is 0 Å². The number of rotatable bonds is 13. The molecule has 2 aliphatic rings. The van der Waals surface area contributed by atoms with Gasteiger partial charge in [0.25, 0.3) is 0 Å². The first-order valence-corrected chi connectivity index (χ1v) is 17.0. The van der Waals surface area contributed by atoms with Gasteiger partial charge in [0, 0.05) is 44.3 Å². The van der Waals surface area contributed by atoms with Crippen molar-refractivity contribution in [2.75, 3.05) is 34.5 Å². The normalized spacial score (nSPS) is 21.4. The lowest BCUT2D eigenvalue weighted by molar-refractivity contribution is -0.107. The van der Waals surface area contributed by atoms with Crippen molar-refractivity contribution in [2.24, 2.45) is 0 Å². The third-order valence-electron chi connectivity index (χ3n) is 3.85. The average molecular weight is 555 g/mol. The summed E-state index contributed by atoms with van der Waals surface area (Å²) in [6.45, 7) is 11.4. The van der Waals surface area contributed by atoms with Crippen molar-refractivity contribution in [3.8, 4) is 0 Å². The minimum absolute atomic E-state index is 0.0517. The molecule has 2 rings (SSSR count). The summed E-state index contributed by atoms with van der Waals surface area (Å²) < 4.78 is 1.14. The fourth-order valence-electron chi connectivity index (χ4n) is 2.33. The molecule has 2 atom stereocenters. The molecule has 10 heteroatoms. The summed E-state index contributed by atoms with van der Waals surface area (Å²) >= 11 is 14.5. The Balaban J connectivity index is 1.52. The van der Waals surface area contributed by atoms with Gasteiger partial charge in [-0.3, -0.25) is 9.59 Å². The highest BCUT2D eigenvalue weighted by molar-refractivity contribution is 8.26. The van der Waals surface area contributed by atoms with E-state index in [0.717, 1.165) is 23.0 Å². The molecular weight excluding hydrogens is 529 g/mol. The molecule has 0 radical (unpaired) electrons. The minimum Gasteiger partial charge on any atom is -0.282 e. The van der Waals surface area contributed by atoms with Gasteiger partial charge in [-0.2, -0.15) is 23.5 Å². The van der Waals surface area contributed by atoms with E-state index in [-0.39, 0.29) is 10.2 Å². The number of carbonyl (C=O) groups is 2. The molecule has 0 N–H and O–H groups in total. The molecule has 0 aromatic heterocycles. The number of allylic oxidation sites excluding steroid dienone is 2. The summed E-state index contributed by atoms with van der Waals surface area (Å²) in [6.07, 6.45) is 2.78. The molecule has 0 aliphatic carbocycles. The van der Waals surface area contributed by atoms with Crippen LogP contribution in [0.4, 0.5) is 0 Å². The second-order valence-corrected chi connectivity index (χ2v) is 16.3. The van der Waals surface area contributed by atoms with E-state index in [1.54, 1.807) is 0 Å². The van der Waals surface area contributed by atoms with E-state index < -0.39 is 0 Å². The zero-order valence-corrected chi connectivity index (χ0v) is 23.6. The molecule has 2 aliphatic heterocycles. The molecule has 2 heterocycles. The van der Waals surface area contributed by atoms with E-state index in [1.165, 1.54) is 66.8 Å². The van der Waals surface area contributed by atoms with Gasteiger partial charge in [-0.05, 0) is 35.8 Å². The Bertz CT molecular complexity index is 656. The number of hydrogen-bond donors (Lipinski definition) is 0. The summed E-state index contributed by atoms with van der Waals surface area (Å²) in [5.41, 5.74) is 0. The van der Waals surface area contributed by atoms with Gasteiger partial charge in [-0.1, -0.05) is 36.7 Å². The molecule has 0 aromatic rings. The van der Waals surface area contributed by atoms with Crippen molar-refractivity contribution < 1.29 is 9.59 Å². The first-order valence-electron chi connectivity index (χ1n) is 9.23. The first kappa shape index (κ1) is 27.3. The Hall–Kier alpha value is 1.10. The number of thioether (sulfide) groups is 8. The van der Waals surface area contributed by atoms with E-state index in [0.29, 0.717) is 9.16 Å². The molecule has 2 nitrogen and oxygen atoms in total. The minimum atomic E-state index is 0.0517. The van der Waals surface area contributed by atoms with Gasteiger partial charge in [-0.25, -0.2) is 0 Å². The summed E-state index contributed by atoms with van der Waals surface area (Å²) in [4.78, 5) is 28.2. The molecule has 0 bridgehead atoms. The first-order chi connectivity index (χ1) is 14.4. The van der Waals surface area contributed by atoms with Crippen LogP contribution in [0, 0.1) is 0 Å². The third-order valence-corrected chi connectivity index (χ3v) is 15.0. The summed E-state index contributed by atoms with van der Waals surface area (Å²) in [5, 5.41) is 0.103. The van der Waals surface area contributed by atoms with Crippen LogP contribution in [0.25, 0.3) is 0 Å². The van der Waals surface area contributed by atoms with E-state index in [4.69, 9.17) is 0 Å². The van der Waals surface area contributed by atoms with E-state index >= 15 is 0 Å². The summed E-state index contributed by atoms with van der Waals surface area (Å²) in [5.74, 6) is 6.18. The predicted octanol–water partition coefficient (Wildman–Crippen LogP) is 7.42. The van der Waals surface area contributed by atoms with Gasteiger partial charge < -0.3 is 0 Å². The van der Waals surface area contributed by atoms with Gasteiger partial charge in [0.05, 0.1) is 9.16 Å². The molecule has 0 aromatic carbocycles. The van der Waals surface area contributed by atoms with Crippen LogP contribution in [0.3, 0.4) is 0 Å². The Morgan fingerprint density at radius 3 is 1.57 bits per heavy atom. The maximum atomic E-state index is 11.4. The van der Waals surface area contributed by atoms with Crippen LogP contribution in [-0.2, 0) is 9.59 Å². The van der Waals surface area contributed by atoms with Gasteiger partial charge >= 0.3 is 0 Å². The largest absolute Gasteiger partial charge is 0.282 e. The Morgan fingerprint density at radius 2 is 1.20 bits per heavy atom. The molecule has 0 spiro atoms. The second kappa shape index (κ2) is 15.1. The zero-order valence-electron chi connectivity index (χ0n) is 17.0. The molecule has 0 amide bonds. The van der Waals surface area contributed by atoms with Crippen LogP contribution >= 0.6 is 94.1 Å². The van der Waals surface area contributed by atoms with Gasteiger partial charge in [0.1, 0.15) is 0 Å². The van der Waals surface area contributed by atoms with E-state index in [9.17, 15) is 9.59 Å². The fraction of sp³-hybridized carbons (Fsp3) is 0.500. The predicted molar refractivity (Wildman–Crippen MR) is 153 cm³/mol. The summed E-state index contributed by atoms with van der Waals surface area (Å²) in [7, 11) is 0. The van der Waals surface area contributed by atoms with Crippen molar-refractivity contribution in [1.29, 1.82) is 0 Å². The van der Waals surface area contributed by atoms with Crippen molar-refractivity contribution in [2.45, 2.75) is 23.0 Å². The molecule has 30 heavy (non-hydrogen) atoms. The Labute approximate surface area is 214 Å². The molecule has 2 unspecified atom stereocenters. The molecule has 0 fully saturated rings. The zero-order chi connectivity index (χ0) is 21.9. The van der Waals surface area contributed by atoms with Crippen LogP contribution in [0.1, 0.15) is 13.8 Å². The lowest BCUT2D eigenvalue weighted by Gasteiger charge is -2.10. The molecule has 0 saturated carbocycles. The smallest absolute Gasteiger partial charge is 0.211 e. The SMILES string of the molecule is C=CC(=O)SCC1=C(C)SC(CSCCSCC2SC(C)=C(CSC(=O)C=C)S2)S1. The lowest BCUT2D eigenvalue weighted by atomic mass is 10.6. The molecular formula is C20H26O2S8. The Morgan fingerprint density at radius 1 is 0.800 bits per heavy atom. The van der Waals surface area contributed by atoms with Crippen molar-refractivity contribution in [3.05, 3.63) is 44.9 Å². The fourth-order valence-corrected chi connectivity index (χ4v) is 13.2. The lowest BCUT2D eigenvalue weighted by Crippen LogP contribution is -2.01. The van der Waals surface area contributed by atoms with Crippen LogP contribution in [0.2, 0.25) is 0 Å². The number of carbonyl (C=O) groups excluding carboxylic acids is 2. The van der Waals surface area contributed by atoms with Gasteiger partial charge in [0.2, 0.25) is 10.2 Å². The highest BCUT2D eigenvalue weighted by atomic mass is 32.2. The third kappa shape index (κ3) is 9.93. The molecule has 0 saturated heterocycles. The van der Waals surface area contributed by atoms with Crippen molar-refractivity contribution in [1.82, 2.24) is 0 Å². The quantitative estimate of drug-likeness (QED) is 0.169. The van der Waals surface area contributed by atoms with Crippen LogP contribution in [0.5, 0.6) is 0 Å². The number of hydrogen-bond acceptors (Lipinski definition) is 10. The maximum absolute atomic E-state index is 11.4. The monoisotopic (exact) mass is 554 g/mol. The van der Waals surface area contributed by atoms with Gasteiger partial charge in [-0.15, -0.1) is 47.0 Å². The van der Waals surface area contributed by atoms with Crippen molar-refractivity contribution >= 4 is 104 Å². The second-order valence-electron chi connectivity index (χ2n) is 6.06. The van der Waals surface area contributed by atoms with E-state index in [1.807, 2.05) is 70.6 Å².